The summed E-state index contributed by atoms with van der Waals surface area (Å²) < 4.78 is 25.8. The molecule has 1 aromatic rings. The largest absolute Gasteiger partial charge is 0.330 e. The number of benzene rings is 1. The lowest BCUT2D eigenvalue weighted by Crippen LogP contribution is -2.28. The van der Waals surface area contributed by atoms with Crippen LogP contribution in [0.4, 0.5) is 0 Å². The summed E-state index contributed by atoms with van der Waals surface area (Å²) in [6.07, 6.45) is 1.78. The fraction of sp³-hybridized carbons (Fsp3) is 0.429. The Morgan fingerprint density at radius 1 is 1.32 bits per heavy atom. The van der Waals surface area contributed by atoms with Crippen molar-refractivity contribution in [3.05, 3.63) is 42.0 Å². The van der Waals surface area contributed by atoms with Crippen molar-refractivity contribution < 1.29 is 8.42 Å². The molecule has 0 heterocycles. The van der Waals surface area contributed by atoms with E-state index in [1.807, 2.05) is 19.1 Å². The molecule has 1 aromatic carbocycles. The van der Waals surface area contributed by atoms with Crippen LogP contribution in [0.15, 0.2) is 41.3 Å². The lowest BCUT2D eigenvalue weighted by Gasteiger charge is -2.17. The third kappa shape index (κ3) is 4.45. The minimum absolute atomic E-state index is 0.313. The molecule has 0 aliphatic carbocycles. The van der Waals surface area contributed by atoms with E-state index in [1.54, 1.807) is 19.2 Å². The highest BCUT2D eigenvalue weighted by Gasteiger charge is 2.20. The Balaban J connectivity index is 2.87. The zero-order valence-electron chi connectivity index (χ0n) is 11.6. The molecule has 1 rings (SSSR count). The minimum atomic E-state index is -3.42. The average Bonchev–Trinajstić information content (AvgIpc) is 2.36. The first-order chi connectivity index (χ1) is 8.87. The lowest BCUT2D eigenvalue weighted by atomic mass is 10.1. The molecule has 2 N–H and O–H groups in total. The molecule has 0 spiro atoms. The highest BCUT2D eigenvalue weighted by molar-refractivity contribution is 7.89. The van der Waals surface area contributed by atoms with Crippen molar-refractivity contribution in [3.8, 4) is 0 Å². The second-order valence-electron chi connectivity index (χ2n) is 4.75. The number of nitrogens with two attached hydrogens (primary N) is 1. The Bertz CT molecular complexity index is 521. The second kappa shape index (κ2) is 6.84. The Morgan fingerprint density at radius 2 is 1.89 bits per heavy atom. The number of nitrogens with zero attached hydrogens (tertiary/aromatic N) is 1. The quantitative estimate of drug-likeness (QED) is 0.775. The Hall–Kier alpha value is -1.17. The average molecular weight is 282 g/mol. The van der Waals surface area contributed by atoms with Crippen molar-refractivity contribution in [2.45, 2.75) is 24.7 Å². The van der Waals surface area contributed by atoms with E-state index < -0.39 is 10.0 Å². The molecule has 0 saturated carbocycles. The highest BCUT2D eigenvalue weighted by atomic mass is 32.2. The number of aryl methyl sites for hydroxylation is 1. The fourth-order valence-corrected chi connectivity index (χ4v) is 3.01. The highest BCUT2D eigenvalue weighted by Crippen LogP contribution is 2.16. The van der Waals surface area contributed by atoms with Gasteiger partial charge in [-0.25, -0.2) is 8.42 Å². The van der Waals surface area contributed by atoms with Crippen molar-refractivity contribution in [3.63, 3.8) is 0 Å². The van der Waals surface area contributed by atoms with Crippen LogP contribution in [0.5, 0.6) is 0 Å². The summed E-state index contributed by atoms with van der Waals surface area (Å²) in [5, 5.41) is 0. The maximum Gasteiger partial charge on any atom is 0.243 e. The third-order valence-electron chi connectivity index (χ3n) is 2.79. The molecule has 0 aromatic heterocycles. The molecule has 0 fully saturated rings. The van der Waals surface area contributed by atoms with E-state index in [9.17, 15) is 8.42 Å². The maximum absolute atomic E-state index is 12.3. The molecule has 19 heavy (non-hydrogen) atoms. The van der Waals surface area contributed by atoms with Crippen molar-refractivity contribution in [1.82, 2.24) is 4.31 Å². The number of hydrogen-bond acceptors (Lipinski definition) is 3. The summed E-state index contributed by atoms with van der Waals surface area (Å²) in [6, 6.07) is 6.99. The lowest BCUT2D eigenvalue weighted by molar-refractivity contribution is 0.493. The molecule has 4 nitrogen and oxygen atoms in total. The standard InChI is InChI=1S/C14H22N2O2S/c1-12(2)11-16(3)19(17,18)14-8-6-13(7-9-14)5-4-10-15/h6-9H,1,4-5,10-11,15H2,2-3H3. The van der Waals surface area contributed by atoms with E-state index >= 15 is 0 Å². The summed E-state index contributed by atoms with van der Waals surface area (Å²) in [5.41, 5.74) is 7.37. The van der Waals surface area contributed by atoms with Gasteiger partial charge in [0.1, 0.15) is 0 Å². The van der Waals surface area contributed by atoms with Gasteiger partial charge in [0.25, 0.3) is 0 Å². The van der Waals surface area contributed by atoms with Gasteiger partial charge in [0.2, 0.25) is 10.0 Å². The molecule has 0 aliphatic rings. The van der Waals surface area contributed by atoms with E-state index in [-0.39, 0.29) is 0 Å². The molecule has 0 radical (unpaired) electrons. The van der Waals surface area contributed by atoms with E-state index in [0.29, 0.717) is 18.0 Å². The van der Waals surface area contributed by atoms with E-state index in [2.05, 4.69) is 6.58 Å². The third-order valence-corrected chi connectivity index (χ3v) is 4.61. The Kier molecular flexibility index (Phi) is 5.72. The first kappa shape index (κ1) is 15.9. The van der Waals surface area contributed by atoms with Gasteiger partial charge in [-0.15, -0.1) is 0 Å². The van der Waals surface area contributed by atoms with Crippen LogP contribution < -0.4 is 5.73 Å². The van der Waals surface area contributed by atoms with Gasteiger partial charge in [0, 0.05) is 13.6 Å². The predicted octanol–water partition coefficient (Wildman–Crippen LogP) is 1.77. The van der Waals surface area contributed by atoms with Crippen LogP contribution in [-0.2, 0) is 16.4 Å². The van der Waals surface area contributed by atoms with Crippen LogP contribution in [0.2, 0.25) is 0 Å². The van der Waals surface area contributed by atoms with Crippen LogP contribution in [-0.4, -0.2) is 32.9 Å². The topological polar surface area (TPSA) is 63.4 Å². The molecule has 106 valence electrons. The SMILES string of the molecule is C=C(C)CN(C)S(=O)(=O)c1ccc(CCCN)cc1. The van der Waals surface area contributed by atoms with Gasteiger partial charge >= 0.3 is 0 Å². The number of hydrogen-bond donors (Lipinski definition) is 1. The molecule has 0 unspecified atom stereocenters. The van der Waals surface area contributed by atoms with Crippen molar-refractivity contribution in [2.75, 3.05) is 20.1 Å². The first-order valence-electron chi connectivity index (χ1n) is 6.27. The molecule has 0 bridgehead atoms. The van der Waals surface area contributed by atoms with Gasteiger partial charge in [0.15, 0.2) is 0 Å². The Morgan fingerprint density at radius 3 is 2.37 bits per heavy atom. The van der Waals surface area contributed by atoms with Gasteiger partial charge in [0.05, 0.1) is 4.90 Å². The molecule has 5 heteroatoms. The van der Waals surface area contributed by atoms with Gasteiger partial charge < -0.3 is 5.73 Å². The Labute approximate surface area is 116 Å². The number of rotatable bonds is 7. The predicted molar refractivity (Wildman–Crippen MR) is 78.4 cm³/mol. The van der Waals surface area contributed by atoms with E-state index in [4.69, 9.17) is 5.73 Å². The second-order valence-corrected chi connectivity index (χ2v) is 6.80. The molecule has 0 aliphatic heterocycles. The van der Waals surface area contributed by atoms with Gasteiger partial charge in [-0.2, -0.15) is 4.31 Å². The number of likely N-dealkylation sites (N-methyl/N-ethyl adjacent to an activating group) is 1. The molecule has 0 saturated heterocycles. The van der Waals surface area contributed by atoms with Gasteiger partial charge in [-0.1, -0.05) is 24.3 Å². The molecular formula is C14H22N2O2S. The summed E-state index contributed by atoms with van der Waals surface area (Å²) >= 11 is 0. The van der Waals surface area contributed by atoms with Crippen molar-refractivity contribution >= 4 is 10.0 Å². The number of sulfonamides is 1. The fourth-order valence-electron chi connectivity index (χ4n) is 1.78. The normalized spacial score (nSPS) is 11.8. The molecule has 0 atom stereocenters. The van der Waals surface area contributed by atoms with Crippen molar-refractivity contribution in [2.24, 2.45) is 5.73 Å². The summed E-state index contributed by atoms with van der Waals surface area (Å²) in [4.78, 5) is 0.313. The zero-order valence-corrected chi connectivity index (χ0v) is 12.4. The van der Waals surface area contributed by atoms with Crippen molar-refractivity contribution in [1.29, 1.82) is 0 Å². The summed E-state index contributed by atoms with van der Waals surface area (Å²) in [6.45, 7) is 6.51. The smallest absolute Gasteiger partial charge is 0.243 e. The van der Waals surface area contributed by atoms with E-state index in [1.165, 1.54) is 4.31 Å². The van der Waals surface area contributed by atoms with Crippen LogP contribution in [0.3, 0.4) is 0 Å². The minimum Gasteiger partial charge on any atom is -0.330 e. The summed E-state index contributed by atoms with van der Waals surface area (Å²) in [5.74, 6) is 0. The zero-order chi connectivity index (χ0) is 14.5. The van der Waals surface area contributed by atoms with E-state index in [0.717, 1.165) is 24.0 Å². The van der Waals surface area contributed by atoms with Gasteiger partial charge in [-0.05, 0) is 44.0 Å². The molecular weight excluding hydrogens is 260 g/mol. The van der Waals surface area contributed by atoms with Gasteiger partial charge in [-0.3, -0.25) is 0 Å². The van der Waals surface area contributed by atoms with Crippen LogP contribution in [0.25, 0.3) is 0 Å². The first-order valence-corrected chi connectivity index (χ1v) is 7.71. The summed E-state index contributed by atoms with van der Waals surface area (Å²) in [7, 11) is -1.86. The molecule has 0 amide bonds. The monoisotopic (exact) mass is 282 g/mol. The van der Waals surface area contributed by atoms with Crippen LogP contribution in [0.1, 0.15) is 18.9 Å². The van der Waals surface area contributed by atoms with Crippen LogP contribution >= 0.6 is 0 Å². The van der Waals surface area contributed by atoms with Crippen LogP contribution in [0, 0.1) is 0 Å². The maximum atomic E-state index is 12.3.